The van der Waals surface area contributed by atoms with Crippen molar-refractivity contribution in [2.45, 2.75) is 26.7 Å². The topological polar surface area (TPSA) is 74.8 Å². The standard InChI is InChI=1S/C13H22N2O4S/c1-4-11-7-14(12(16)5-2)10-15(8-11)13(17)9-20(18,19)6-3/h6,11H,3-5,7-10H2,1-2H3. The van der Waals surface area contributed by atoms with Gasteiger partial charge in [-0.25, -0.2) is 8.42 Å². The highest BCUT2D eigenvalue weighted by Gasteiger charge is 2.30. The van der Waals surface area contributed by atoms with Crippen LogP contribution in [-0.2, 0) is 19.4 Å². The molecule has 1 rings (SSSR count). The maximum atomic E-state index is 12.1. The molecule has 1 heterocycles. The van der Waals surface area contributed by atoms with Gasteiger partial charge in [0, 0.05) is 24.9 Å². The van der Waals surface area contributed by atoms with E-state index in [4.69, 9.17) is 0 Å². The normalized spacial score (nSPS) is 19.8. The van der Waals surface area contributed by atoms with Gasteiger partial charge in [0.2, 0.25) is 11.8 Å². The van der Waals surface area contributed by atoms with Crippen LogP contribution in [0.2, 0.25) is 0 Å². The fraction of sp³-hybridized carbons (Fsp3) is 0.692. The van der Waals surface area contributed by atoms with E-state index in [-0.39, 0.29) is 18.5 Å². The average Bonchev–Trinajstić information content (AvgIpc) is 2.45. The van der Waals surface area contributed by atoms with Crippen LogP contribution in [-0.4, -0.2) is 55.5 Å². The van der Waals surface area contributed by atoms with Crippen molar-refractivity contribution in [2.24, 2.45) is 5.92 Å². The Bertz CT molecular complexity index is 487. The lowest BCUT2D eigenvalue weighted by Crippen LogP contribution is -2.54. The predicted octanol–water partition coefficient (Wildman–Crippen LogP) is 0.609. The average molecular weight is 302 g/mol. The second-order valence-electron chi connectivity index (χ2n) is 4.98. The lowest BCUT2D eigenvalue weighted by molar-refractivity contribution is -0.143. The Morgan fingerprint density at radius 3 is 2.20 bits per heavy atom. The second-order valence-corrected chi connectivity index (χ2v) is 6.92. The summed E-state index contributed by atoms with van der Waals surface area (Å²) in [6.07, 6.45) is 1.22. The monoisotopic (exact) mass is 302 g/mol. The highest BCUT2D eigenvalue weighted by atomic mass is 32.2. The summed E-state index contributed by atoms with van der Waals surface area (Å²) in [5.74, 6) is -0.889. The van der Waals surface area contributed by atoms with Crippen LogP contribution in [0.4, 0.5) is 0 Å². The fourth-order valence-electron chi connectivity index (χ4n) is 2.17. The molecule has 6 nitrogen and oxygen atoms in total. The third-order valence-corrected chi connectivity index (χ3v) is 4.62. The van der Waals surface area contributed by atoms with E-state index in [1.807, 2.05) is 6.92 Å². The molecule has 114 valence electrons. The number of amides is 2. The summed E-state index contributed by atoms with van der Waals surface area (Å²) in [6.45, 7) is 8.26. The molecule has 0 bridgehead atoms. The van der Waals surface area contributed by atoms with Crippen LogP contribution < -0.4 is 0 Å². The third kappa shape index (κ3) is 4.33. The summed E-state index contributed by atoms with van der Waals surface area (Å²) in [5, 5.41) is 0.793. The smallest absolute Gasteiger partial charge is 0.239 e. The molecule has 1 saturated heterocycles. The molecular weight excluding hydrogens is 280 g/mol. The molecule has 0 radical (unpaired) electrons. The Morgan fingerprint density at radius 2 is 1.75 bits per heavy atom. The quantitative estimate of drug-likeness (QED) is 0.745. The van der Waals surface area contributed by atoms with E-state index < -0.39 is 21.5 Å². The summed E-state index contributed by atoms with van der Waals surface area (Å²) >= 11 is 0. The fourth-order valence-corrected chi connectivity index (χ4v) is 2.81. The first kappa shape index (κ1) is 16.7. The van der Waals surface area contributed by atoms with Crippen LogP contribution in [0.15, 0.2) is 12.0 Å². The van der Waals surface area contributed by atoms with Crippen molar-refractivity contribution in [2.75, 3.05) is 25.5 Å². The Balaban J connectivity index is 2.80. The van der Waals surface area contributed by atoms with E-state index in [1.165, 1.54) is 4.90 Å². The van der Waals surface area contributed by atoms with Gasteiger partial charge < -0.3 is 9.80 Å². The Hall–Kier alpha value is -1.37. The number of sulfone groups is 1. The summed E-state index contributed by atoms with van der Waals surface area (Å²) < 4.78 is 22.9. The molecule has 0 aromatic carbocycles. The van der Waals surface area contributed by atoms with Crippen molar-refractivity contribution in [3.63, 3.8) is 0 Å². The number of hydrogen-bond donors (Lipinski definition) is 0. The van der Waals surface area contributed by atoms with Crippen molar-refractivity contribution < 1.29 is 18.0 Å². The van der Waals surface area contributed by atoms with Gasteiger partial charge in [0.1, 0.15) is 5.75 Å². The first-order valence-electron chi connectivity index (χ1n) is 6.73. The minimum atomic E-state index is -3.57. The first-order valence-corrected chi connectivity index (χ1v) is 8.45. The maximum absolute atomic E-state index is 12.1. The van der Waals surface area contributed by atoms with Gasteiger partial charge in [0.15, 0.2) is 9.84 Å². The molecule has 0 aliphatic carbocycles. The lowest BCUT2D eigenvalue weighted by atomic mass is 10.0. The zero-order valence-electron chi connectivity index (χ0n) is 12.0. The molecule has 0 aromatic heterocycles. The van der Waals surface area contributed by atoms with Gasteiger partial charge in [0.05, 0.1) is 6.67 Å². The summed E-state index contributed by atoms with van der Waals surface area (Å²) in [6, 6.07) is 0. The van der Waals surface area contributed by atoms with Crippen LogP contribution in [0, 0.1) is 5.92 Å². The van der Waals surface area contributed by atoms with Gasteiger partial charge in [0.25, 0.3) is 0 Å². The summed E-state index contributed by atoms with van der Waals surface area (Å²) in [7, 11) is -3.57. The van der Waals surface area contributed by atoms with Crippen LogP contribution >= 0.6 is 0 Å². The van der Waals surface area contributed by atoms with Gasteiger partial charge in [-0.2, -0.15) is 0 Å². The first-order chi connectivity index (χ1) is 9.32. The van der Waals surface area contributed by atoms with Crippen molar-refractivity contribution in [3.8, 4) is 0 Å². The molecule has 20 heavy (non-hydrogen) atoms. The highest BCUT2D eigenvalue weighted by molar-refractivity contribution is 7.94. The largest absolute Gasteiger partial charge is 0.325 e. The van der Waals surface area contributed by atoms with Crippen molar-refractivity contribution >= 4 is 21.7 Å². The van der Waals surface area contributed by atoms with Gasteiger partial charge in [-0.15, -0.1) is 0 Å². The van der Waals surface area contributed by atoms with E-state index in [1.54, 1.807) is 11.8 Å². The number of nitrogens with zero attached hydrogens (tertiary/aromatic N) is 2. The van der Waals surface area contributed by atoms with Crippen molar-refractivity contribution in [3.05, 3.63) is 12.0 Å². The Morgan fingerprint density at radius 1 is 1.20 bits per heavy atom. The van der Waals surface area contributed by atoms with Crippen LogP contribution in [0.5, 0.6) is 0 Å². The number of rotatable bonds is 5. The molecule has 1 aliphatic rings. The number of hydrogen-bond acceptors (Lipinski definition) is 4. The minimum Gasteiger partial charge on any atom is -0.325 e. The predicted molar refractivity (Wildman–Crippen MR) is 76.3 cm³/mol. The maximum Gasteiger partial charge on any atom is 0.239 e. The van der Waals surface area contributed by atoms with Gasteiger partial charge in [-0.3, -0.25) is 9.59 Å². The number of carbonyl (C=O) groups excluding carboxylic acids is 2. The zero-order chi connectivity index (χ0) is 15.3. The van der Waals surface area contributed by atoms with Gasteiger partial charge in [-0.1, -0.05) is 20.4 Å². The minimum absolute atomic E-state index is 0.0208. The van der Waals surface area contributed by atoms with E-state index in [0.717, 1.165) is 11.8 Å². The molecule has 1 unspecified atom stereocenters. The third-order valence-electron chi connectivity index (χ3n) is 3.46. The zero-order valence-corrected chi connectivity index (χ0v) is 12.9. The molecule has 7 heteroatoms. The lowest BCUT2D eigenvalue weighted by Gasteiger charge is -2.40. The van der Waals surface area contributed by atoms with Crippen LogP contribution in [0.1, 0.15) is 26.7 Å². The van der Waals surface area contributed by atoms with E-state index in [9.17, 15) is 18.0 Å². The molecule has 0 N–H and O–H groups in total. The van der Waals surface area contributed by atoms with Crippen LogP contribution in [0.3, 0.4) is 0 Å². The second kappa shape index (κ2) is 6.88. The van der Waals surface area contributed by atoms with E-state index in [2.05, 4.69) is 6.58 Å². The summed E-state index contributed by atoms with van der Waals surface area (Å²) in [5.41, 5.74) is 0. The van der Waals surface area contributed by atoms with E-state index in [0.29, 0.717) is 19.5 Å². The molecule has 0 saturated carbocycles. The molecule has 1 fully saturated rings. The van der Waals surface area contributed by atoms with Crippen molar-refractivity contribution in [1.82, 2.24) is 9.80 Å². The number of carbonyl (C=O) groups is 2. The SMILES string of the molecule is C=CS(=O)(=O)CC(=O)N1CC(CC)CN(C(=O)CC)C1. The van der Waals surface area contributed by atoms with E-state index >= 15 is 0 Å². The van der Waals surface area contributed by atoms with Crippen molar-refractivity contribution in [1.29, 1.82) is 0 Å². The Labute approximate surface area is 120 Å². The molecule has 1 atom stereocenters. The summed E-state index contributed by atoms with van der Waals surface area (Å²) in [4.78, 5) is 26.9. The highest BCUT2D eigenvalue weighted by Crippen LogP contribution is 2.16. The van der Waals surface area contributed by atoms with Gasteiger partial charge in [-0.05, 0) is 12.3 Å². The molecule has 0 spiro atoms. The van der Waals surface area contributed by atoms with Crippen LogP contribution in [0.25, 0.3) is 0 Å². The van der Waals surface area contributed by atoms with Gasteiger partial charge >= 0.3 is 0 Å². The Kier molecular flexibility index (Phi) is 5.74. The molecule has 2 amide bonds. The molecular formula is C13H22N2O4S. The molecule has 0 aromatic rings. The molecule has 1 aliphatic heterocycles.